The van der Waals surface area contributed by atoms with Crippen molar-refractivity contribution in [2.75, 3.05) is 6.61 Å². The highest BCUT2D eigenvalue weighted by atomic mass is 16.5. The number of carbonyl (C=O) groups is 2. The van der Waals surface area contributed by atoms with E-state index in [2.05, 4.69) is 0 Å². The lowest BCUT2D eigenvalue weighted by Crippen LogP contribution is -2.46. The molecular formula is C17H16O5. The summed E-state index contributed by atoms with van der Waals surface area (Å²) in [6.07, 6.45) is -0.147. The molecule has 0 aliphatic heterocycles. The van der Waals surface area contributed by atoms with Crippen LogP contribution in [0.1, 0.15) is 5.56 Å². The maximum atomic E-state index is 11.6. The summed E-state index contributed by atoms with van der Waals surface area (Å²) in [5.74, 6) is -2.40. The molecule has 2 rings (SSSR count). The van der Waals surface area contributed by atoms with Gasteiger partial charge in [-0.25, -0.2) is 0 Å². The smallest absolute Gasteiger partial charge is 0.324 e. The Kier molecular flexibility index (Phi) is 4.78. The second-order valence-electron chi connectivity index (χ2n) is 4.96. The molecule has 0 aromatic heterocycles. The minimum absolute atomic E-state index is 0.147. The molecule has 5 nitrogen and oxygen atoms in total. The summed E-state index contributed by atoms with van der Waals surface area (Å²) in [5.41, 5.74) is -1.40. The Balaban J connectivity index is 2.25. The molecule has 0 spiro atoms. The van der Waals surface area contributed by atoms with E-state index in [9.17, 15) is 19.8 Å². The molecule has 2 aromatic rings. The predicted molar refractivity (Wildman–Crippen MR) is 79.8 cm³/mol. The Morgan fingerprint density at radius 1 is 0.864 bits per heavy atom. The molecule has 5 heteroatoms. The van der Waals surface area contributed by atoms with Crippen molar-refractivity contribution in [3.63, 3.8) is 0 Å². The van der Waals surface area contributed by atoms with E-state index in [1.165, 1.54) is 0 Å². The molecule has 2 aromatic carbocycles. The molecule has 0 aliphatic rings. The van der Waals surface area contributed by atoms with Crippen molar-refractivity contribution in [1.29, 1.82) is 0 Å². The van der Waals surface area contributed by atoms with Crippen LogP contribution in [0.2, 0.25) is 0 Å². The summed E-state index contributed by atoms with van der Waals surface area (Å²) in [7, 11) is 0. The summed E-state index contributed by atoms with van der Waals surface area (Å²) >= 11 is 0. The highest BCUT2D eigenvalue weighted by molar-refractivity contribution is 5.98. The third-order valence-electron chi connectivity index (χ3n) is 3.40. The third kappa shape index (κ3) is 3.44. The molecule has 0 heterocycles. The van der Waals surface area contributed by atoms with Gasteiger partial charge in [0.25, 0.3) is 0 Å². The van der Waals surface area contributed by atoms with Crippen LogP contribution in [0.4, 0.5) is 0 Å². The van der Waals surface area contributed by atoms with Crippen molar-refractivity contribution < 1.29 is 24.5 Å². The van der Waals surface area contributed by atoms with Gasteiger partial charge in [0.2, 0.25) is 5.41 Å². The third-order valence-corrected chi connectivity index (χ3v) is 3.40. The van der Waals surface area contributed by atoms with Gasteiger partial charge in [0.15, 0.2) is 0 Å². The first-order valence-corrected chi connectivity index (χ1v) is 6.73. The van der Waals surface area contributed by atoms with Crippen molar-refractivity contribution >= 4 is 11.9 Å². The summed E-state index contributed by atoms with van der Waals surface area (Å²) in [6.45, 7) is -0.448. The number of rotatable bonds is 7. The summed E-state index contributed by atoms with van der Waals surface area (Å²) in [5, 5.41) is 18.9. The van der Waals surface area contributed by atoms with Crippen molar-refractivity contribution in [3.05, 3.63) is 66.2 Å². The number of benzene rings is 2. The molecule has 0 bridgehead atoms. The van der Waals surface area contributed by atoms with Gasteiger partial charge in [-0.1, -0.05) is 48.5 Å². The maximum Gasteiger partial charge on any atom is 0.324 e. The molecule has 114 valence electrons. The Hall–Kier alpha value is -2.82. The lowest BCUT2D eigenvalue weighted by atomic mass is 9.82. The lowest BCUT2D eigenvalue weighted by molar-refractivity contribution is -0.167. The molecule has 0 atom stereocenters. The normalized spacial score (nSPS) is 10.9. The van der Waals surface area contributed by atoms with Gasteiger partial charge in [0.1, 0.15) is 12.4 Å². The average Bonchev–Trinajstić information content (AvgIpc) is 2.53. The minimum Gasteiger partial charge on any atom is -0.492 e. The molecule has 0 unspecified atom stereocenters. The van der Waals surface area contributed by atoms with Crippen LogP contribution >= 0.6 is 0 Å². The van der Waals surface area contributed by atoms with Gasteiger partial charge in [-0.15, -0.1) is 0 Å². The standard InChI is InChI=1S/C17H16O5/c18-15(19)17(16(20)21,11-13-7-3-1-4-8-13)12-22-14-9-5-2-6-10-14/h1-10H,11-12H2,(H,18,19)(H,20,21). The molecule has 0 radical (unpaired) electrons. The van der Waals surface area contributed by atoms with E-state index >= 15 is 0 Å². The van der Waals surface area contributed by atoms with Crippen LogP contribution in [0.3, 0.4) is 0 Å². The van der Waals surface area contributed by atoms with Gasteiger partial charge < -0.3 is 14.9 Å². The number of para-hydroxylation sites is 1. The highest BCUT2D eigenvalue weighted by Gasteiger charge is 2.47. The van der Waals surface area contributed by atoms with Gasteiger partial charge in [-0.3, -0.25) is 9.59 Å². The van der Waals surface area contributed by atoms with E-state index in [1.807, 2.05) is 0 Å². The van der Waals surface area contributed by atoms with Crippen molar-refractivity contribution in [2.45, 2.75) is 6.42 Å². The Labute approximate surface area is 127 Å². The number of carboxylic acids is 2. The van der Waals surface area contributed by atoms with Crippen molar-refractivity contribution in [3.8, 4) is 5.75 Å². The number of hydrogen-bond donors (Lipinski definition) is 2. The van der Waals surface area contributed by atoms with Crippen LogP contribution in [0.15, 0.2) is 60.7 Å². The van der Waals surface area contributed by atoms with Crippen LogP contribution in [0.25, 0.3) is 0 Å². The minimum atomic E-state index is -2.03. The maximum absolute atomic E-state index is 11.6. The van der Waals surface area contributed by atoms with Crippen LogP contribution in [0, 0.1) is 5.41 Å². The topological polar surface area (TPSA) is 83.8 Å². The lowest BCUT2D eigenvalue weighted by Gasteiger charge is -2.25. The van der Waals surface area contributed by atoms with E-state index in [0.717, 1.165) is 0 Å². The van der Waals surface area contributed by atoms with E-state index in [1.54, 1.807) is 60.7 Å². The number of ether oxygens (including phenoxy) is 1. The van der Waals surface area contributed by atoms with E-state index in [4.69, 9.17) is 4.74 Å². The van der Waals surface area contributed by atoms with Crippen LogP contribution in [-0.4, -0.2) is 28.8 Å². The molecule has 2 N–H and O–H groups in total. The molecule has 0 amide bonds. The highest BCUT2D eigenvalue weighted by Crippen LogP contribution is 2.26. The fourth-order valence-electron chi connectivity index (χ4n) is 2.08. The Bertz CT molecular complexity index is 623. The first kappa shape index (κ1) is 15.6. The van der Waals surface area contributed by atoms with Crippen LogP contribution in [-0.2, 0) is 16.0 Å². The molecule has 22 heavy (non-hydrogen) atoms. The zero-order valence-corrected chi connectivity index (χ0v) is 11.8. The van der Waals surface area contributed by atoms with E-state index < -0.39 is 24.0 Å². The van der Waals surface area contributed by atoms with Gasteiger partial charge in [-0.2, -0.15) is 0 Å². The first-order valence-electron chi connectivity index (χ1n) is 6.73. The van der Waals surface area contributed by atoms with E-state index in [0.29, 0.717) is 11.3 Å². The Morgan fingerprint density at radius 2 is 1.36 bits per heavy atom. The largest absolute Gasteiger partial charge is 0.492 e. The summed E-state index contributed by atoms with van der Waals surface area (Å²) < 4.78 is 5.40. The molecule has 0 fully saturated rings. The van der Waals surface area contributed by atoms with Crippen molar-refractivity contribution in [2.24, 2.45) is 5.41 Å². The second kappa shape index (κ2) is 6.76. The van der Waals surface area contributed by atoms with Gasteiger partial charge in [0, 0.05) is 6.42 Å². The van der Waals surface area contributed by atoms with E-state index in [-0.39, 0.29) is 6.42 Å². The van der Waals surface area contributed by atoms with Crippen LogP contribution < -0.4 is 4.74 Å². The second-order valence-corrected chi connectivity index (χ2v) is 4.96. The van der Waals surface area contributed by atoms with Gasteiger partial charge >= 0.3 is 11.9 Å². The molecular weight excluding hydrogens is 284 g/mol. The first-order chi connectivity index (χ1) is 10.5. The zero-order valence-electron chi connectivity index (χ0n) is 11.8. The molecule has 0 saturated heterocycles. The SMILES string of the molecule is O=C(O)C(COc1ccccc1)(Cc1ccccc1)C(=O)O. The monoisotopic (exact) mass is 300 g/mol. The van der Waals surface area contributed by atoms with Crippen LogP contribution in [0.5, 0.6) is 5.75 Å². The number of carboxylic acid groups (broad SMARTS) is 2. The van der Waals surface area contributed by atoms with Gasteiger partial charge in [0.05, 0.1) is 0 Å². The molecule has 0 saturated carbocycles. The average molecular weight is 300 g/mol. The van der Waals surface area contributed by atoms with Gasteiger partial charge in [-0.05, 0) is 17.7 Å². The zero-order chi connectivity index (χ0) is 16.0. The fourth-order valence-corrected chi connectivity index (χ4v) is 2.08. The predicted octanol–water partition coefficient (Wildman–Crippen LogP) is 2.46. The number of aliphatic carboxylic acids is 2. The quantitative estimate of drug-likeness (QED) is 0.767. The fraction of sp³-hybridized carbons (Fsp3) is 0.176. The summed E-state index contributed by atoms with van der Waals surface area (Å²) in [4.78, 5) is 23.3. The Morgan fingerprint density at radius 3 is 1.86 bits per heavy atom. The summed E-state index contributed by atoms with van der Waals surface area (Å²) in [6, 6.07) is 17.2. The van der Waals surface area contributed by atoms with Crippen molar-refractivity contribution in [1.82, 2.24) is 0 Å². The molecule has 0 aliphatic carbocycles. The number of hydrogen-bond acceptors (Lipinski definition) is 3.